The maximum atomic E-state index is 13.2. The molecular weight excluding hydrogens is 271 g/mol. The number of hydrogen-bond acceptors (Lipinski definition) is 4. The van der Waals surface area contributed by atoms with Gasteiger partial charge in [0.05, 0.1) is 0 Å². The highest BCUT2D eigenvalue weighted by atomic mass is 19.1. The first kappa shape index (κ1) is 13.2. The van der Waals surface area contributed by atoms with Crippen molar-refractivity contribution in [2.45, 2.75) is 31.2 Å². The fraction of sp³-hybridized carbons (Fsp3) is 0.562. The molecule has 4 nitrogen and oxygen atoms in total. The van der Waals surface area contributed by atoms with E-state index in [1.165, 1.54) is 12.1 Å². The largest absolute Gasteiger partial charge is 0.440 e. The Balaban J connectivity index is 1.50. The minimum absolute atomic E-state index is 0.266. The zero-order chi connectivity index (χ0) is 14.2. The Morgan fingerprint density at radius 1 is 1.19 bits per heavy atom. The Bertz CT molecular complexity index is 636. The Morgan fingerprint density at radius 2 is 2.05 bits per heavy atom. The van der Waals surface area contributed by atoms with Gasteiger partial charge in [0.25, 0.3) is 0 Å². The first-order chi connectivity index (χ1) is 10.3. The fourth-order valence-electron chi connectivity index (χ4n) is 3.46. The van der Waals surface area contributed by atoms with Crippen molar-refractivity contribution in [3.63, 3.8) is 0 Å². The van der Waals surface area contributed by atoms with Gasteiger partial charge in [0.1, 0.15) is 11.3 Å². The summed E-state index contributed by atoms with van der Waals surface area (Å²) in [6.07, 6.45) is 3.30. The van der Waals surface area contributed by atoms with E-state index in [1.54, 1.807) is 6.07 Å². The average molecular weight is 290 g/mol. The normalized spacial score (nSPS) is 24.9. The van der Waals surface area contributed by atoms with E-state index in [0.717, 1.165) is 51.5 Å². The van der Waals surface area contributed by atoms with Crippen molar-refractivity contribution in [1.29, 1.82) is 0 Å². The van der Waals surface area contributed by atoms with Gasteiger partial charge in [-0.1, -0.05) is 0 Å². The molecule has 2 saturated heterocycles. The van der Waals surface area contributed by atoms with E-state index < -0.39 is 0 Å². The summed E-state index contributed by atoms with van der Waals surface area (Å²) in [6, 6.07) is 5.14. The van der Waals surface area contributed by atoms with Crippen LogP contribution in [0.3, 0.4) is 0 Å². The maximum absolute atomic E-state index is 13.2. The number of aromatic nitrogens is 1. The van der Waals surface area contributed by atoms with E-state index in [2.05, 4.69) is 9.88 Å². The molecule has 0 bridgehead atoms. The third kappa shape index (κ3) is 2.56. The van der Waals surface area contributed by atoms with E-state index >= 15 is 0 Å². The predicted octanol–water partition coefficient (Wildman–Crippen LogP) is 2.94. The molecule has 3 heterocycles. The van der Waals surface area contributed by atoms with Gasteiger partial charge in [-0.25, -0.2) is 9.37 Å². The Labute approximate surface area is 122 Å². The van der Waals surface area contributed by atoms with Gasteiger partial charge in [0.15, 0.2) is 11.5 Å². The lowest BCUT2D eigenvalue weighted by molar-refractivity contribution is 0.0417. The van der Waals surface area contributed by atoms with Gasteiger partial charge < -0.3 is 9.15 Å². The molecule has 0 amide bonds. The summed E-state index contributed by atoms with van der Waals surface area (Å²) in [5, 5.41) is 0. The molecule has 1 unspecified atom stereocenters. The van der Waals surface area contributed by atoms with Gasteiger partial charge in [-0.3, -0.25) is 4.90 Å². The van der Waals surface area contributed by atoms with E-state index in [4.69, 9.17) is 9.15 Å². The summed E-state index contributed by atoms with van der Waals surface area (Å²) in [5.41, 5.74) is 1.30. The van der Waals surface area contributed by atoms with E-state index in [9.17, 15) is 4.39 Å². The van der Waals surface area contributed by atoms with Crippen LogP contribution in [0.4, 0.5) is 4.39 Å². The summed E-state index contributed by atoms with van der Waals surface area (Å²) >= 11 is 0. The molecule has 112 valence electrons. The van der Waals surface area contributed by atoms with Crippen LogP contribution >= 0.6 is 0 Å². The quantitative estimate of drug-likeness (QED) is 0.852. The van der Waals surface area contributed by atoms with Crippen LogP contribution in [0.15, 0.2) is 22.6 Å². The zero-order valence-electron chi connectivity index (χ0n) is 11.9. The lowest BCUT2D eigenvalue weighted by Crippen LogP contribution is -2.37. The highest BCUT2D eigenvalue weighted by Crippen LogP contribution is 2.32. The van der Waals surface area contributed by atoms with Crippen molar-refractivity contribution >= 4 is 11.1 Å². The summed E-state index contributed by atoms with van der Waals surface area (Å²) in [4.78, 5) is 7.01. The van der Waals surface area contributed by atoms with Gasteiger partial charge in [0, 0.05) is 37.8 Å². The molecular formula is C16H19FN2O2. The third-order valence-corrected chi connectivity index (χ3v) is 4.64. The molecule has 4 rings (SSSR count). The standard InChI is InChI=1S/C16H19FN2O2/c17-12-1-2-15-14(9-12)18-16(21-15)11-3-6-19(10-11)13-4-7-20-8-5-13/h1-2,9,11,13H,3-8,10H2. The van der Waals surface area contributed by atoms with E-state index in [1.807, 2.05) is 0 Å². The number of rotatable bonds is 2. The van der Waals surface area contributed by atoms with Gasteiger partial charge in [-0.2, -0.15) is 0 Å². The summed E-state index contributed by atoms with van der Waals surface area (Å²) < 4.78 is 24.5. The molecule has 0 aliphatic carbocycles. The molecule has 0 radical (unpaired) electrons. The number of benzene rings is 1. The SMILES string of the molecule is Fc1ccc2oc(C3CCN(C4CCOCC4)C3)nc2c1. The average Bonchev–Trinajstić information content (AvgIpc) is 3.14. The molecule has 0 spiro atoms. The Morgan fingerprint density at radius 3 is 2.90 bits per heavy atom. The van der Waals surface area contributed by atoms with Crippen LogP contribution in [0.2, 0.25) is 0 Å². The number of ether oxygens (including phenoxy) is 1. The van der Waals surface area contributed by atoms with E-state index in [-0.39, 0.29) is 5.82 Å². The highest BCUT2D eigenvalue weighted by molar-refractivity contribution is 5.72. The number of halogens is 1. The minimum Gasteiger partial charge on any atom is -0.440 e. The zero-order valence-corrected chi connectivity index (χ0v) is 11.9. The molecule has 1 aromatic carbocycles. The second-order valence-corrected chi connectivity index (χ2v) is 5.99. The van der Waals surface area contributed by atoms with Crippen molar-refractivity contribution in [2.75, 3.05) is 26.3 Å². The summed E-state index contributed by atoms with van der Waals surface area (Å²) in [7, 11) is 0. The molecule has 2 aliphatic heterocycles. The van der Waals surface area contributed by atoms with Gasteiger partial charge in [-0.15, -0.1) is 0 Å². The molecule has 1 aromatic heterocycles. The fourth-order valence-corrected chi connectivity index (χ4v) is 3.46. The molecule has 0 saturated carbocycles. The minimum atomic E-state index is -0.266. The molecule has 0 N–H and O–H groups in total. The molecule has 2 aromatic rings. The lowest BCUT2D eigenvalue weighted by Gasteiger charge is -2.30. The molecule has 5 heteroatoms. The maximum Gasteiger partial charge on any atom is 0.199 e. The number of fused-ring (bicyclic) bond motifs is 1. The van der Waals surface area contributed by atoms with Crippen LogP contribution < -0.4 is 0 Å². The van der Waals surface area contributed by atoms with Crippen molar-refractivity contribution in [3.8, 4) is 0 Å². The molecule has 21 heavy (non-hydrogen) atoms. The second-order valence-electron chi connectivity index (χ2n) is 5.99. The summed E-state index contributed by atoms with van der Waals surface area (Å²) in [5.74, 6) is 0.811. The third-order valence-electron chi connectivity index (χ3n) is 4.64. The van der Waals surface area contributed by atoms with E-state index in [0.29, 0.717) is 23.1 Å². The number of hydrogen-bond donors (Lipinski definition) is 0. The van der Waals surface area contributed by atoms with Crippen LogP contribution in [0, 0.1) is 5.82 Å². The van der Waals surface area contributed by atoms with Crippen LogP contribution in [-0.2, 0) is 4.74 Å². The first-order valence-electron chi connectivity index (χ1n) is 7.67. The van der Waals surface area contributed by atoms with Crippen molar-refractivity contribution in [3.05, 3.63) is 29.9 Å². The number of nitrogens with zero attached hydrogens (tertiary/aromatic N) is 2. The number of oxazole rings is 1. The van der Waals surface area contributed by atoms with Crippen LogP contribution in [0.25, 0.3) is 11.1 Å². The Hall–Kier alpha value is -1.46. The van der Waals surface area contributed by atoms with Crippen LogP contribution in [0.5, 0.6) is 0 Å². The van der Waals surface area contributed by atoms with Gasteiger partial charge in [-0.05, 0) is 37.9 Å². The lowest BCUT2D eigenvalue weighted by atomic mass is 10.1. The predicted molar refractivity (Wildman–Crippen MR) is 76.7 cm³/mol. The van der Waals surface area contributed by atoms with Crippen molar-refractivity contribution in [1.82, 2.24) is 9.88 Å². The summed E-state index contributed by atoms with van der Waals surface area (Å²) in [6.45, 7) is 3.81. The molecule has 1 atom stereocenters. The smallest absolute Gasteiger partial charge is 0.199 e. The monoisotopic (exact) mass is 290 g/mol. The topological polar surface area (TPSA) is 38.5 Å². The van der Waals surface area contributed by atoms with Crippen LogP contribution in [-0.4, -0.2) is 42.2 Å². The van der Waals surface area contributed by atoms with Crippen molar-refractivity contribution in [2.24, 2.45) is 0 Å². The van der Waals surface area contributed by atoms with Crippen molar-refractivity contribution < 1.29 is 13.5 Å². The van der Waals surface area contributed by atoms with Gasteiger partial charge >= 0.3 is 0 Å². The highest BCUT2D eigenvalue weighted by Gasteiger charge is 2.32. The molecule has 2 aliphatic rings. The van der Waals surface area contributed by atoms with Crippen LogP contribution in [0.1, 0.15) is 31.1 Å². The molecule has 2 fully saturated rings. The number of likely N-dealkylation sites (tertiary alicyclic amines) is 1. The second kappa shape index (κ2) is 5.39. The Kier molecular flexibility index (Phi) is 3.39. The first-order valence-corrected chi connectivity index (χ1v) is 7.67. The van der Waals surface area contributed by atoms with Gasteiger partial charge in [0.2, 0.25) is 0 Å².